The Balaban J connectivity index is 1.18. The van der Waals surface area contributed by atoms with Gasteiger partial charge in [0, 0.05) is 37.9 Å². The quantitative estimate of drug-likeness (QED) is 0.795. The van der Waals surface area contributed by atoms with Crippen LogP contribution in [0.25, 0.3) is 5.65 Å². The summed E-state index contributed by atoms with van der Waals surface area (Å²) in [5.41, 5.74) is 2.05. The Kier molecular flexibility index (Phi) is 5.01. The number of rotatable bonds is 5. The molecule has 0 aromatic carbocycles. The van der Waals surface area contributed by atoms with E-state index in [-0.39, 0.29) is 0 Å². The van der Waals surface area contributed by atoms with Crippen molar-refractivity contribution in [3.8, 4) is 0 Å². The summed E-state index contributed by atoms with van der Waals surface area (Å²) in [6.45, 7) is 4.93. The second kappa shape index (κ2) is 7.78. The zero-order chi connectivity index (χ0) is 18.9. The summed E-state index contributed by atoms with van der Waals surface area (Å²) in [6, 6.07) is 4.17. The summed E-state index contributed by atoms with van der Waals surface area (Å²) in [7, 11) is 0. The maximum atomic E-state index is 12.2. The molecular formula is C21H30N6O. The standard InChI is InChI=1S/C21H30N6O/c28-20-4-2-1-3-11-26(20)15-14-25-12-9-17(10-13-25)21-23-22-19-8-7-18(16-5-6-16)24-27(19)21/h7-8,16-17H,1-6,9-15H2. The van der Waals surface area contributed by atoms with E-state index in [0.717, 1.165) is 76.3 Å². The summed E-state index contributed by atoms with van der Waals surface area (Å²) in [6.07, 6.45) is 8.83. The van der Waals surface area contributed by atoms with Crippen molar-refractivity contribution in [2.24, 2.45) is 0 Å². The van der Waals surface area contributed by atoms with Crippen LogP contribution in [-0.4, -0.2) is 68.2 Å². The van der Waals surface area contributed by atoms with E-state index >= 15 is 0 Å². The summed E-state index contributed by atoms with van der Waals surface area (Å²) in [4.78, 5) is 16.8. The highest BCUT2D eigenvalue weighted by molar-refractivity contribution is 5.76. The van der Waals surface area contributed by atoms with Gasteiger partial charge in [-0.15, -0.1) is 10.2 Å². The van der Waals surface area contributed by atoms with Crippen LogP contribution in [0.5, 0.6) is 0 Å². The van der Waals surface area contributed by atoms with Gasteiger partial charge in [-0.2, -0.15) is 9.61 Å². The lowest BCUT2D eigenvalue weighted by Gasteiger charge is -2.32. The minimum absolute atomic E-state index is 0.347. The smallest absolute Gasteiger partial charge is 0.222 e. The van der Waals surface area contributed by atoms with Gasteiger partial charge in [0.25, 0.3) is 0 Å². The fraction of sp³-hybridized carbons (Fsp3) is 0.714. The minimum atomic E-state index is 0.347. The van der Waals surface area contributed by atoms with Gasteiger partial charge in [-0.05, 0) is 63.7 Å². The van der Waals surface area contributed by atoms with Crippen molar-refractivity contribution in [2.75, 3.05) is 32.7 Å². The van der Waals surface area contributed by atoms with Gasteiger partial charge in [0.1, 0.15) is 0 Å². The topological polar surface area (TPSA) is 66.6 Å². The molecule has 28 heavy (non-hydrogen) atoms. The zero-order valence-corrected chi connectivity index (χ0v) is 16.6. The second-order valence-corrected chi connectivity index (χ2v) is 8.67. The van der Waals surface area contributed by atoms with E-state index in [9.17, 15) is 4.79 Å². The van der Waals surface area contributed by atoms with Crippen molar-refractivity contribution in [3.05, 3.63) is 23.7 Å². The normalized spacial score (nSPS) is 22.7. The fourth-order valence-electron chi connectivity index (χ4n) is 4.62. The van der Waals surface area contributed by atoms with Crippen molar-refractivity contribution in [1.82, 2.24) is 29.6 Å². The van der Waals surface area contributed by atoms with Crippen LogP contribution in [0, 0.1) is 0 Å². The molecule has 1 saturated carbocycles. The number of carbonyl (C=O) groups is 1. The first-order valence-corrected chi connectivity index (χ1v) is 11.0. The Bertz CT molecular complexity index is 837. The molecule has 0 N–H and O–H groups in total. The van der Waals surface area contributed by atoms with E-state index < -0.39 is 0 Å². The van der Waals surface area contributed by atoms with Crippen LogP contribution in [0.4, 0.5) is 0 Å². The van der Waals surface area contributed by atoms with Crippen molar-refractivity contribution in [3.63, 3.8) is 0 Å². The van der Waals surface area contributed by atoms with E-state index in [1.807, 2.05) is 4.52 Å². The molecule has 7 heteroatoms. The van der Waals surface area contributed by atoms with Gasteiger partial charge < -0.3 is 9.80 Å². The molecule has 2 aliphatic heterocycles. The lowest BCUT2D eigenvalue weighted by atomic mass is 9.96. The summed E-state index contributed by atoms with van der Waals surface area (Å²) in [5.74, 6) is 2.44. The summed E-state index contributed by atoms with van der Waals surface area (Å²) < 4.78 is 1.99. The van der Waals surface area contributed by atoms with Crippen molar-refractivity contribution in [2.45, 2.75) is 63.2 Å². The number of hydrogen-bond donors (Lipinski definition) is 0. The average Bonchev–Trinajstić information content (AvgIpc) is 3.52. The average molecular weight is 383 g/mol. The molecule has 5 rings (SSSR count). The predicted molar refractivity (Wildman–Crippen MR) is 106 cm³/mol. The second-order valence-electron chi connectivity index (χ2n) is 8.67. The number of fused-ring (bicyclic) bond motifs is 1. The highest BCUT2D eigenvalue weighted by Gasteiger charge is 2.28. The molecule has 0 radical (unpaired) electrons. The molecule has 0 unspecified atom stereocenters. The van der Waals surface area contributed by atoms with Crippen molar-refractivity contribution in [1.29, 1.82) is 0 Å². The fourth-order valence-corrected chi connectivity index (χ4v) is 4.62. The molecule has 1 aliphatic carbocycles. The van der Waals surface area contributed by atoms with Crippen LogP contribution in [-0.2, 0) is 4.79 Å². The molecule has 3 aliphatic rings. The number of nitrogens with zero attached hydrogens (tertiary/aromatic N) is 6. The Morgan fingerprint density at radius 3 is 2.57 bits per heavy atom. The van der Waals surface area contributed by atoms with Crippen LogP contribution >= 0.6 is 0 Å². The van der Waals surface area contributed by atoms with Gasteiger partial charge in [0.05, 0.1) is 5.69 Å². The van der Waals surface area contributed by atoms with Gasteiger partial charge >= 0.3 is 0 Å². The first-order chi connectivity index (χ1) is 13.8. The number of aromatic nitrogens is 4. The highest BCUT2D eigenvalue weighted by atomic mass is 16.2. The Hall–Kier alpha value is -2.02. The monoisotopic (exact) mass is 382 g/mol. The third-order valence-electron chi connectivity index (χ3n) is 6.61. The third-order valence-corrected chi connectivity index (χ3v) is 6.61. The van der Waals surface area contributed by atoms with E-state index in [2.05, 4.69) is 32.1 Å². The number of carbonyl (C=O) groups excluding carboxylic acids is 1. The van der Waals surface area contributed by atoms with Gasteiger partial charge in [-0.3, -0.25) is 4.79 Å². The van der Waals surface area contributed by atoms with E-state index in [4.69, 9.17) is 5.10 Å². The van der Waals surface area contributed by atoms with Crippen LogP contribution < -0.4 is 0 Å². The molecule has 0 atom stereocenters. The van der Waals surface area contributed by atoms with Crippen LogP contribution in [0.2, 0.25) is 0 Å². The SMILES string of the molecule is O=C1CCCCCN1CCN1CCC(c2nnc3ccc(C4CC4)nn23)CC1. The number of likely N-dealkylation sites (tertiary alicyclic amines) is 2. The van der Waals surface area contributed by atoms with Gasteiger partial charge in [0.2, 0.25) is 5.91 Å². The lowest BCUT2D eigenvalue weighted by molar-refractivity contribution is -0.130. The number of piperidine rings is 1. The molecule has 150 valence electrons. The van der Waals surface area contributed by atoms with Gasteiger partial charge in [-0.25, -0.2) is 0 Å². The molecule has 0 bridgehead atoms. The predicted octanol–water partition coefficient (Wildman–Crippen LogP) is 2.58. The van der Waals surface area contributed by atoms with Crippen molar-refractivity contribution < 1.29 is 4.79 Å². The minimum Gasteiger partial charge on any atom is -0.341 e. The molecule has 3 fully saturated rings. The largest absolute Gasteiger partial charge is 0.341 e. The maximum Gasteiger partial charge on any atom is 0.222 e. The summed E-state index contributed by atoms with van der Waals surface area (Å²) >= 11 is 0. The van der Waals surface area contributed by atoms with Crippen molar-refractivity contribution >= 4 is 11.6 Å². The lowest BCUT2D eigenvalue weighted by Crippen LogP contribution is -2.41. The molecule has 1 amide bonds. The third kappa shape index (κ3) is 3.77. The number of hydrogen-bond acceptors (Lipinski definition) is 5. The Morgan fingerprint density at radius 1 is 0.893 bits per heavy atom. The van der Waals surface area contributed by atoms with Crippen LogP contribution in [0.15, 0.2) is 12.1 Å². The maximum absolute atomic E-state index is 12.2. The first-order valence-electron chi connectivity index (χ1n) is 11.0. The number of amides is 1. The van der Waals surface area contributed by atoms with Gasteiger partial charge in [0.15, 0.2) is 11.5 Å². The van der Waals surface area contributed by atoms with E-state index in [0.29, 0.717) is 17.7 Å². The van der Waals surface area contributed by atoms with Crippen LogP contribution in [0.1, 0.15) is 74.7 Å². The van der Waals surface area contributed by atoms with Crippen LogP contribution in [0.3, 0.4) is 0 Å². The Morgan fingerprint density at radius 2 is 1.75 bits per heavy atom. The summed E-state index contributed by atoms with van der Waals surface area (Å²) in [5, 5.41) is 13.7. The molecule has 2 aromatic heterocycles. The molecular weight excluding hydrogens is 352 g/mol. The molecule has 0 spiro atoms. The first kappa shape index (κ1) is 18.0. The molecule has 2 aromatic rings. The molecule has 7 nitrogen and oxygen atoms in total. The van der Waals surface area contributed by atoms with E-state index in [1.54, 1.807) is 0 Å². The van der Waals surface area contributed by atoms with Gasteiger partial charge in [-0.1, -0.05) is 6.42 Å². The molecule has 4 heterocycles. The zero-order valence-electron chi connectivity index (χ0n) is 16.6. The highest BCUT2D eigenvalue weighted by Crippen LogP contribution is 2.39. The molecule has 2 saturated heterocycles. The van der Waals surface area contributed by atoms with E-state index in [1.165, 1.54) is 25.0 Å². The Labute approximate surface area is 166 Å².